The Morgan fingerprint density at radius 1 is 1.38 bits per heavy atom. The number of aliphatic hydroxyl groups is 1. The lowest BCUT2D eigenvalue weighted by Gasteiger charge is -2.16. The highest BCUT2D eigenvalue weighted by Crippen LogP contribution is 2.16. The summed E-state index contributed by atoms with van der Waals surface area (Å²) in [5.74, 6) is 0.0762. The van der Waals surface area contributed by atoms with E-state index >= 15 is 0 Å². The van der Waals surface area contributed by atoms with Gasteiger partial charge in [0.1, 0.15) is 9.84 Å². The molecule has 1 aromatic carbocycles. The van der Waals surface area contributed by atoms with Crippen molar-refractivity contribution in [3.8, 4) is 0 Å². The van der Waals surface area contributed by atoms with Crippen molar-refractivity contribution in [1.82, 2.24) is 0 Å². The van der Waals surface area contributed by atoms with Gasteiger partial charge in [0.25, 0.3) is 0 Å². The van der Waals surface area contributed by atoms with Crippen molar-refractivity contribution in [2.45, 2.75) is 19.6 Å². The zero-order chi connectivity index (χ0) is 12.2. The van der Waals surface area contributed by atoms with Crippen LogP contribution in [0.25, 0.3) is 0 Å². The van der Waals surface area contributed by atoms with Gasteiger partial charge >= 0.3 is 0 Å². The molecule has 1 atom stereocenters. The van der Waals surface area contributed by atoms with Crippen LogP contribution in [0.3, 0.4) is 0 Å². The van der Waals surface area contributed by atoms with E-state index in [-0.39, 0.29) is 18.4 Å². The second-order valence-corrected chi connectivity index (χ2v) is 6.14. The molecule has 1 rings (SSSR count). The predicted octanol–water partition coefficient (Wildman–Crippen LogP) is 1.02. The molecule has 4 nitrogen and oxygen atoms in total. The van der Waals surface area contributed by atoms with Gasteiger partial charge in [-0.1, -0.05) is 18.2 Å². The van der Waals surface area contributed by atoms with Gasteiger partial charge in [0.15, 0.2) is 0 Å². The van der Waals surface area contributed by atoms with Crippen LogP contribution in [0.1, 0.15) is 12.5 Å². The summed E-state index contributed by atoms with van der Waals surface area (Å²) in [5, 5.41) is 12.2. The number of aliphatic hydroxyl groups excluding tert-OH is 1. The van der Waals surface area contributed by atoms with E-state index in [1.807, 2.05) is 18.2 Å². The minimum absolute atomic E-state index is 0.0607. The molecule has 0 aliphatic heterocycles. The van der Waals surface area contributed by atoms with Gasteiger partial charge in [0.05, 0.1) is 12.4 Å². The summed E-state index contributed by atoms with van der Waals surface area (Å²) in [6, 6.07) is 7.12. The molecule has 0 bridgehead atoms. The smallest absolute Gasteiger partial charge is 0.149 e. The Kier molecular flexibility index (Phi) is 4.32. The van der Waals surface area contributed by atoms with Crippen LogP contribution in [0.2, 0.25) is 0 Å². The minimum Gasteiger partial charge on any atom is -0.392 e. The van der Waals surface area contributed by atoms with Crippen LogP contribution in [-0.4, -0.2) is 31.6 Å². The highest BCUT2D eigenvalue weighted by Gasteiger charge is 2.11. The van der Waals surface area contributed by atoms with E-state index in [9.17, 15) is 8.42 Å². The number of benzene rings is 1. The maximum Gasteiger partial charge on any atom is 0.149 e. The minimum atomic E-state index is -2.99. The molecular weight excluding hydrogens is 226 g/mol. The molecule has 0 aromatic heterocycles. The van der Waals surface area contributed by atoms with Crippen molar-refractivity contribution < 1.29 is 13.5 Å². The Morgan fingerprint density at radius 2 is 2.00 bits per heavy atom. The zero-order valence-corrected chi connectivity index (χ0v) is 10.3. The van der Waals surface area contributed by atoms with Gasteiger partial charge < -0.3 is 10.4 Å². The van der Waals surface area contributed by atoms with Crippen molar-refractivity contribution in [3.05, 3.63) is 29.8 Å². The Labute approximate surface area is 96.2 Å². The van der Waals surface area contributed by atoms with E-state index in [1.165, 1.54) is 6.26 Å². The van der Waals surface area contributed by atoms with E-state index in [1.54, 1.807) is 13.0 Å². The molecule has 0 fully saturated rings. The lowest BCUT2D eigenvalue weighted by Crippen LogP contribution is -2.25. The van der Waals surface area contributed by atoms with Crippen LogP contribution in [0, 0.1) is 0 Å². The first kappa shape index (κ1) is 13.0. The topological polar surface area (TPSA) is 66.4 Å². The van der Waals surface area contributed by atoms with Crippen LogP contribution in [0.5, 0.6) is 0 Å². The van der Waals surface area contributed by atoms with E-state index in [2.05, 4.69) is 5.32 Å². The molecule has 1 unspecified atom stereocenters. The summed E-state index contributed by atoms with van der Waals surface area (Å²) in [4.78, 5) is 0. The average Bonchev–Trinajstić information content (AvgIpc) is 2.15. The van der Waals surface area contributed by atoms with Crippen molar-refractivity contribution >= 4 is 15.5 Å². The molecular formula is C11H17NO3S. The molecule has 90 valence electrons. The van der Waals surface area contributed by atoms with Crippen LogP contribution < -0.4 is 5.32 Å². The van der Waals surface area contributed by atoms with Crippen molar-refractivity contribution in [1.29, 1.82) is 0 Å². The normalized spacial score (nSPS) is 13.4. The fourth-order valence-corrected chi connectivity index (χ4v) is 2.55. The first-order valence-electron chi connectivity index (χ1n) is 5.05. The number of hydrogen-bond acceptors (Lipinski definition) is 4. The van der Waals surface area contributed by atoms with Crippen molar-refractivity contribution in [3.63, 3.8) is 0 Å². The first-order chi connectivity index (χ1) is 7.42. The number of anilines is 1. The summed E-state index contributed by atoms with van der Waals surface area (Å²) < 4.78 is 22.2. The Balaban J connectivity index is 2.73. The van der Waals surface area contributed by atoms with E-state index in [4.69, 9.17) is 5.11 Å². The predicted molar refractivity (Wildman–Crippen MR) is 65.2 cm³/mol. The fraction of sp³-hybridized carbons (Fsp3) is 0.455. The highest BCUT2D eigenvalue weighted by molar-refractivity contribution is 7.90. The molecule has 0 saturated carbocycles. The summed E-state index contributed by atoms with van der Waals surface area (Å²) in [6.45, 7) is 1.74. The van der Waals surface area contributed by atoms with Crippen molar-refractivity contribution in [2.24, 2.45) is 0 Å². The second-order valence-electron chi connectivity index (χ2n) is 3.95. The Hall–Kier alpha value is -1.07. The largest absolute Gasteiger partial charge is 0.392 e. The van der Waals surface area contributed by atoms with Gasteiger partial charge in [-0.25, -0.2) is 8.42 Å². The van der Waals surface area contributed by atoms with Crippen LogP contribution in [0.15, 0.2) is 24.3 Å². The summed E-state index contributed by atoms with van der Waals surface area (Å²) in [7, 11) is -2.99. The molecule has 1 aromatic rings. The molecule has 0 amide bonds. The first-order valence-corrected chi connectivity index (χ1v) is 7.11. The lowest BCUT2D eigenvalue weighted by molar-refractivity contribution is 0.282. The maximum atomic E-state index is 11.1. The third-order valence-corrected chi connectivity index (χ3v) is 3.25. The molecule has 0 spiro atoms. The van der Waals surface area contributed by atoms with E-state index in [0.717, 1.165) is 11.3 Å². The average molecular weight is 243 g/mol. The fourth-order valence-electron chi connectivity index (χ4n) is 1.56. The molecule has 0 aliphatic rings. The van der Waals surface area contributed by atoms with Gasteiger partial charge in [-0.15, -0.1) is 0 Å². The zero-order valence-electron chi connectivity index (χ0n) is 9.47. The summed E-state index contributed by atoms with van der Waals surface area (Å²) >= 11 is 0. The molecule has 0 saturated heterocycles. The maximum absolute atomic E-state index is 11.1. The summed E-state index contributed by atoms with van der Waals surface area (Å²) in [5.41, 5.74) is 1.55. The molecule has 0 aliphatic carbocycles. The number of para-hydroxylation sites is 1. The number of rotatable bonds is 5. The molecule has 0 radical (unpaired) electrons. The quantitative estimate of drug-likeness (QED) is 0.810. The van der Waals surface area contributed by atoms with Gasteiger partial charge in [0, 0.05) is 23.5 Å². The van der Waals surface area contributed by atoms with E-state index in [0.29, 0.717) is 0 Å². The van der Waals surface area contributed by atoms with Gasteiger partial charge in [-0.05, 0) is 13.0 Å². The van der Waals surface area contributed by atoms with Crippen LogP contribution >= 0.6 is 0 Å². The second kappa shape index (κ2) is 5.32. The third kappa shape index (κ3) is 4.20. The number of hydrogen-bond donors (Lipinski definition) is 2. The monoisotopic (exact) mass is 243 g/mol. The molecule has 5 heteroatoms. The van der Waals surface area contributed by atoms with Gasteiger partial charge in [-0.3, -0.25) is 0 Å². The van der Waals surface area contributed by atoms with Crippen LogP contribution in [-0.2, 0) is 16.4 Å². The third-order valence-electron chi connectivity index (χ3n) is 2.14. The number of sulfone groups is 1. The van der Waals surface area contributed by atoms with Gasteiger partial charge in [0.2, 0.25) is 0 Å². The number of nitrogens with one attached hydrogen (secondary N) is 1. The Morgan fingerprint density at radius 3 is 2.56 bits per heavy atom. The standard InChI is InChI=1S/C11H17NO3S/c1-9(8-16(2,14)15)12-11-6-4-3-5-10(11)7-13/h3-6,9,12-13H,7-8H2,1-2H3. The highest BCUT2D eigenvalue weighted by atomic mass is 32.2. The van der Waals surface area contributed by atoms with Crippen LogP contribution in [0.4, 0.5) is 5.69 Å². The lowest BCUT2D eigenvalue weighted by atomic mass is 10.2. The van der Waals surface area contributed by atoms with Crippen molar-refractivity contribution in [2.75, 3.05) is 17.3 Å². The Bertz CT molecular complexity index is 442. The molecule has 2 N–H and O–H groups in total. The van der Waals surface area contributed by atoms with Gasteiger partial charge in [-0.2, -0.15) is 0 Å². The SMILES string of the molecule is CC(CS(C)(=O)=O)Nc1ccccc1CO. The molecule has 16 heavy (non-hydrogen) atoms. The summed E-state index contributed by atoms with van der Waals surface area (Å²) in [6.07, 6.45) is 1.21. The van der Waals surface area contributed by atoms with E-state index < -0.39 is 9.84 Å². The molecule has 0 heterocycles.